The molecular formula is C17H22N4O2. The van der Waals surface area contributed by atoms with Crippen LogP contribution in [0.5, 0.6) is 0 Å². The largest absolute Gasteiger partial charge is 0.342 e. The number of rotatable bonds is 5. The molecule has 1 amide bonds. The number of aromatic nitrogens is 2. The molecule has 0 atom stereocenters. The molecule has 1 fully saturated rings. The van der Waals surface area contributed by atoms with Crippen LogP contribution < -0.4 is 5.56 Å². The van der Waals surface area contributed by atoms with Crippen LogP contribution in [0.3, 0.4) is 0 Å². The fourth-order valence-electron chi connectivity index (χ4n) is 2.96. The number of fused-ring (bicyclic) bond motifs is 1. The number of carbonyl (C=O) groups is 1. The summed E-state index contributed by atoms with van der Waals surface area (Å²) in [5.74, 6) is 0.761. The molecule has 0 saturated carbocycles. The average Bonchev–Trinajstić information content (AvgIpc) is 3.09. The highest BCUT2D eigenvalue weighted by Crippen LogP contribution is 2.10. The summed E-state index contributed by atoms with van der Waals surface area (Å²) >= 11 is 0. The number of H-pyrrole nitrogens is 1. The average molecular weight is 314 g/mol. The molecule has 6 heteroatoms. The van der Waals surface area contributed by atoms with Gasteiger partial charge in [0.15, 0.2) is 0 Å². The Bertz CT molecular complexity index is 750. The lowest BCUT2D eigenvalue weighted by atomic mass is 10.2. The van der Waals surface area contributed by atoms with E-state index in [1.165, 1.54) is 0 Å². The molecule has 0 aliphatic carbocycles. The van der Waals surface area contributed by atoms with Crippen molar-refractivity contribution < 1.29 is 4.79 Å². The first-order chi connectivity index (χ1) is 11.2. The number of para-hydroxylation sites is 1. The number of hydrogen-bond acceptors (Lipinski definition) is 4. The van der Waals surface area contributed by atoms with Gasteiger partial charge in [-0.25, -0.2) is 4.98 Å². The number of aromatic amines is 1. The van der Waals surface area contributed by atoms with E-state index in [9.17, 15) is 9.59 Å². The van der Waals surface area contributed by atoms with Crippen molar-refractivity contribution in [2.24, 2.45) is 0 Å². The van der Waals surface area contributed by atoms with Crippen molar-refractivity contribution in [3.8, 4) is 0 Å². The van der Waals surface area contributed by atoms with E-state index < -0.39 is 0 Å². The molecule has 1 saturated heterocycles. The maximum Gasteiger partial charge on any atom is 0.258 e. The molecule has 3 rings (SSSR count). The van der Waals surface area contributed by atoms with Crippen LogP contribution in [0, 0.1) is 0 Å². The number of likely N-dealkylation sites (N-methyl/N-ethyl adjacent to an activating group) is 1. The third-order valence-corrected chi connectivity index (χ3v) is 4.30. The topological polar surface area (TPSA) is 69.3 Å². The molecule has 6 nitrogen and oxygen atoms in total. The van der Waals surface area contributed by atoms with E-state index in [1.807, 2.05) is 34.9 Å². The number of carbonyl (C=O) groups excluding carboxylic acids is 1. The summed E-state index contributed by atoms with van der Waals surface area (Å²) in [6.45, 7) is 5.30. The zero-order chi connectivity index (χ0) is 16.2. The fourth-order valence-corrected chi connectivity index (χ4v) is 2.96. The molecule has 0 radical (unpaired) electrons. The third kappa shape index (κ3) is 3.59. The number of amides is 1. The van der Waals surface area contributed by atoms with Crippen LogP contribution in [0.1, 0.15) is 25.6 Å². The van der Waals surface area contributed by atoms with Crippen LogP contribution in [-0.4, -0.2) is 51.9 Å². The van der Waals surface area contributed by atoms with Gasteiger partial charge < -0.3 is 9.88 Å². The van der Waals surface area contributed by atoms with Crippen molar-refractivity contribution in [3.63, 3.8) is 0 Å². The Morgan fingerprint density at radius 3 is 2.78 bits per heavy atom. The summed E-state index contributed by atoms with van der Waals surface area (Å²) in [4.78, 5) is 35.6. The first kappa shape index (κ1) is 15.7. The standard InChI is InChI=1S/C17H22N4O2/c1-2-20(12-16(22)21-9-5-6-10-21)11-15-18-14-8-4-3-7-13(14)17(23)19-15/h3-4,7-8H,2,5-6,9-12H2,1H3,(H,18,19,23). The minimum atomic E-state index is -0.132. The highest BCUT2D eigenvalue weighted by atomic mass is 16.2. The number of hydrogen-bond donors (Lipinski definition) is 1. The summed E-state index contributed by atoms with van der Waals surface area (Å²) in [6.07, 6.45) is 2.19. The van der Waals surface area contributed by atoms with E-state index in [-0.39, 0.29) is 11.5 Å². The van der Waals surface area contributed by atoms with E-state index in [0.717, 1.165) is 32.5 Å². The van der Waals surface area contributed by atoms with Gasteiger partial charge in [0.1, 0.15) is 5.82 Å². The molecule has 1 N–H and O–H groups in total. The van der Waals surface area contributed by atoms with E-state index >= 15 is 0 Å². The normalized spacial score (nSPS) is 14.8. The van der Waals surface area contributed by atoms with Gasteiger partial charge in [-0.15, -0.1) is 0 Å². The van der Waals surface area contributed by atoms with Crippen LogP contribution in [0.25, 0.3) is 10.9 Å². The summed E-state index contributed by atoms with van der Waals surface area (Å²) in [5.41, 5.74) is 0.556. The molecule has 122 valence electrons. The van der Waals surface area contributed by atoms with Crippen LogP contribution >= 0.6 is 0 Å². The number of nitrogens with one attached hydrogen (secondary N) is 1. The fraction of sp³-hybridized carbons (Fsp3) is 0.471. The number of nitrogens with zero attached hydrogens (tertiary/aromatic N) is 3. The van der Waals surface area contributed by atoms with Gasteiger partial charge in [-0.3, -0.25) is 14.5 Å². The quantitative estimate of drug-likeness (QED) is 0.905. The molecule has 2 aromatic rings. The van der Waals surface area contributed by atoms with Crippen molar-refractivity contribution >= 4 is 16.8 Å². The van der Waals surface area contributed by atoms with Crippen LogP contribution in [0.2, 0.25) is 0 Å². The molecule has 0 unspecified atom stereocenters. The van der Waals surface area contributed by atoms with Gasteiger partial charge in [0.2, 0.25) is 5.91 Å². The molecule has 0 spiro atoms. The Balaban J connectivity index is 1.73. The van der Waals surface area contributed by atoms with Crippen molar-refractivity contribution in [1.82, 2.24) is 19.8 Å². The van der Waals surface area contributed by atoms with Gasteiger partial charge in [0.25, 0.3) is 5.56 Å². The number of likely N-dealkylation sites (tertiary alicyclic amines) is 1. The molecule has 23 heavy (non-hydrogen) atoms. The lowest BCUT2D eigenvalue weighted by Gasteiger charge is -2.23. The second-order valence-electron chi connectivity index (χ2n) is 5.92. The molecule has 1 aromatic heterocycles. The molecule has 1 aliphatic heterocycles. The van der Waals surface area contributed by atoms with Crippen molar-refractivity contribution in [3.05, 3.63) is 40.4 Å². The minimum absolute atomic E-state index is 0.132. The Morgan fingerprint density at radius 2 is 2.04 bits per heavy atom. The molecular weight excluding hydrogens is 292 g/mol. The molecule has 2 heterocycles. The lowest BCUT2D eigenvalue weighted by molar-refractivity contribution is -0.131. The van der Waals surface area contributed by atoms with E-state index in [0.29, 0.717) is 29.8 Å². The summed E-state index contributed by atoms with van der Waals surface area (Å²) in [5, 5.41) is 0.590. The van der Waals surface area contributed by atoms with Gasteiger partial charge in [-0.05, 0) is 31.5 Å². The molecule has 1 aliphatic rings. The van der Waals surface area contributed by atoms with E-state index in [4.69, 9.17) is 0 Å². The van der Waals surface area contributed by atoms with Crippen molar-refractivity contribution in [2.45, 2.75) is 26.3 Å². The molecule has 0 bridgehead atoms. The first-order valence-electron chi connectivity index (χ1n) is 8.15. The monoisotopic (exact) mass is 314 g/mol. The highest BCUT2D eigenvalue weighted by molar-refractivity contribution is 5.78. The predicted octanol–water partition coefficient (Wildman–Crippen LogP) is 1.37. The van der Waals surface area contributed by atoms with Gasteiger partial charge in [-0.2, -0.15) is 0 Å². The second kappa shape index (κ2) is 6.91. The third-order valence-electron chi connectivity index (χ3n) is 4.30. The Morgan fingerprint density at radius 1 is 1.30 bits per heavy atom. The summed E-state index contributed by atoms with van der Waals surface area (Å²) in [7, 11) is 0. The van der Waals surface area contributed by atoms with Gasteiger partial charge in [0, 0.05) is 13.1 Å². The second-order valence-corrected chi connectivity index (χ2v) is 5.92. The maximum atomic E-state index is 12.3. The van der Waals surface area contributed by atoms with Crippen LogP contribution in [-0.2, 0) is 11.3 Å². The van der Waals surface area contributed by atoms with E-state index in [2.05, 4.69) is 9.97 Å². The van der Waals surface area contributed by atoms with Gasteiger partial charge in [0.05, 0.1) is 24.0 Å². The number of benzene rings is 1. The Labute approximate surface area is 135 Å². The first-order valence-corrected chi connectivity index (χ1v) is 8.15. The SMILES string of the molecule is CCN(CC(=O)N1CCCC1)Cc1nc2ccccc2c(=O)[nH]1. The van der Waals surface area contributed by atoms with E-state index in [1.54, 1.807) is 6.07 Å². The smallest absolute Gasteiger partial charge is 0.258 e. The highest BCUT2D eigenvalue weighted by Gasteiger charge is 2.20. The predicted molar refractivity (Wildman–Crippen MR) is 89.1 cm³/mol. The summed E-state index contributed by atoms with van der Waals surface area (Å²) in [6, 6.07) is 7.29. The van der Waals surface area contributed by atoms with Gasteiger partial charge in [-0.1, -0.05) is 19.1 Å². The Hall–Kier alpha value is -2.21. The minimum Gasteiger partial charge on any atom is -0.342 e. The zero-order valence-corrected chi connectivity index (χ0v) is 13.4. The van der Waals surface area contributed by atoms with Gasteiger partial charge >= 0.3 is 0 Å². The van der Waals surface area contributed by atoms with Crippen LogP contribution in [0.4, 0.5) is 0 Å². The Kier molecular flexibility index (Phi) is 4.71. The lowest BCUT2D eigenvalue weighted by Crippen LogP contribution is -2.39. The zero-order valence-electron chi connectivity index (χ0n) is 13.4. The summed E-state index contributed by atoms with van der Waals surface area (Å²) < 4.78 is 0. The molecule has 1 aromatic carbocycles. The maximum absolute atomic E-state index is 12.3. The van der Waals surface area contributed by atoms with Crippen molar-refractivity contribution in [1.29, 1.82) is 0 Å². The van der Waals surface area contributed by atoms with Crippen molar-refractivity contribution in [2.75, 3.05) is 26.2 Å². The van der Waals surface area contributed by atoms with Crippen LogP contribution in [0.15, 0.2) is 29.1 Å².